The maximum atomic E-state index is 12.3. The van der Waals surface area contributed by atoms with Gasteiger partial charge in [0.05, 0.1) is 0 Å². The van der Waals surface area contributed by atoms with Crippen LogP contribution in [0.15, 0.2) is 0 Å². The maximum Gasteiger partial charge on any atom is 0.223 e. The van der Waals surface area contributed by atoms with Crippen molar-refractivity contribution in [1.82, 2.24) is 10.6 Å². The van der Waals surface area contributed by atoms with E-state index >= 15 is 0 Å². The van der Waals surface area contributed by atoms with Crippen molar-refractivity contribution in [3.8, 4) is 0 Å². The van der Waals surface area contributed by atoms with Crippen LogP contribution in [0.25, 0.3) is 0 Å². The van der Waals surface area contributed by atoms with E-state index in [9.17, 15) is 9.59 Å². The molecule has 4 nitrogen and oxygen atoms in total. The first kappa shape index (κ1) is 17.8. The van der Waals surface area contributed by atoms with Crippen LogP contribution in [0, 0.1) is 22.7 Å². The minimum Gasteiger partial charge on any atom is -0.355 e. The van der Waals surface area contributed by atoms with Crippen LogP contribution in [-0.4, -0.2) is 24.4 Å². The summed E-state index contributed by atoms with van der Waals surface area (Å²) in [7, 11) is 0. The normalized spacial score (nSPS) is 33.2. The molecule has 0 aromatic rings. The number of amides is 2. The molecule has 3 aliphatic rings. The zero-order valence-corrected chi connectivity index (χ0v) is 15.6. The maximum absolute atomic E-state index is 12.3. The molecule has 0 saturated heterocycles. The van der Waals surface area contributed by atoms with E-state index in [1.54, 1.807) is 0 Å². The fourth-order valence-electron chi connectivity index (χ4n) is 4.98. The molecule has 3 saturated carbocycles. The fourth-order valence-corrected chi connectivity index (χ4v) is 4.98. The second-order valence-electron chi connectivity index (χ2n) is 9.74. The van der Waals surface area contributed by atoms with E-state index < -0.39 is 0 Å². The van der Waals surface area contributed by atoms with Gasteiger partial charge in [-0.05, 0) is 55.8 Å². The van der Waals surface area contributed by atoms with Crippen LogP contribution in [0.3, 0.4) is 0 Å². The molecule has 24 heavy (non-hydrogen) atoms. The Morgan fingerprint density at radius 3 is 2.04 bits per heavy atom. The molecule has 3 aliphatic carbocycles. The molecule has 2 atom stereocenters. The highest BCUT2D eigenvalue weighted by atomic mass is 16.2. The van der Waals surface area contributed by atoms with Gasteiger partial charge in [0, 0.05) is 24.4 Å². The molecule has 136 valence electrons. The van der Waals surface area contributed by atoms with Crippen molar-refractivity contribution in [3.05, 3.63) is 0 Å². The van der Waals surface area contributed by atoms with Crippen molar-refractivity contribution in [2.75, 3.05) is 6.54 Å². The Hall–Kier alpha value is -1.06. The summed E-state index contributed by atoms with van der Waals surface area (Å²) in [6.07, 6.45) is 9.70. The molecule has 0 aromatic carbocycles. The number of rotatable bonds is 5. The highest BCUT2D eigenvalue weighted by Crippen LogP contribution is 2.46. The van der Waals surface area contributed by atoms with Crippen LogP contribution in [0.1, 0.15) is 78.6 Å². The molecular weight excluding hydrogens is 300 g/mol. The second-order valence-corrected chi connectivity index (χ2v) is 9.74. The predicted molar refractivity (Wildman–Crippen MR) is 95.4 cm³/mol. The molecule has 4 heteroatoms. The summed E-state index contributed by atoms with van der Waals surface area (Å²) < 4.78 is 0. The van der Waals surface area contributed by atoms with E-state index in [4.69, 9.17) is 0 Å². The number of carbonyl (C=O) groups is 2. The molecule has 3 fully saturated rings. The molecule has 0 bridgehead atoms. The number of carbonyl (C=O) groups excluding carboxylic acids is 2. The predicted octanol–water partition coefficient (Wildman–Crippen LogP) is 3.40. The third-order valence-electron chi connectivity index (χ3n) is 6.43. The SMILES string of the molecule is CC1(C)C[C@H](NC(=O)C2CCC2)C[C@](C)(CNC(=O)C2CCC2)C1. The first-order chi connectivity index (χ1) is 11.3. The molecule has 0 unspecified atom stereocenters. The largest absolute Gasteiger partial charge is 0.355 e. The number of hydrogen-bond acceptors (Lipinski definition) is 2. The lowest BCUT2D eigenvalue weighted by molar-refractivity contribution is -0.130. The standard InChI is InChI=1S/C20H34N2O2/c1-19(2)10-16(22-18(24)15-8-5-9-15)11-20(3,12-19)13-21-17(23)14-6-4-7-14/h14-16H,4-13H2,1-3H3,(H,21,23)(H,22,24)/t16-,20-/m0/s1. The van der Waals surface area contributed by atoms with Crippen molar-refractivity contribution in [1.29, 1.82) is 0 Å². The van der Waals surface area contributed by atoms with Crippen LogP contribution >= 0.6 is 0 Å². The van der Waals surface area contributed by atoms with E-state index in [2.05, 4.69) is 31.4 Å². The molecule has 0 heterocycles. The minimum atomic E-state index is 0.0682. The van der Waals surface area contributed by atoms with Crippen LogP contribution in [0.5, 0.6) is 0 Å². The molecule has 0 aliphatic heterocycles. The first-order valence-corrected chi connectivity index (χ1v) is 9.85. The van der Waals surface area contributed by atoms with Gasteiger partial charge in [0.25, 0.3) is 0 Å². The van der Waals surface area contributed by atoms with E-state index in [0.29, 0.717) is 0 Å². The molecule has 2 amide bonds. The Morgan fingerprint density at radius 2 is 1.50 bits per heavy atom. The molecule has 3 rings (SSSR count). The molecular formula is C20H34N2O2. The van der Waals surface area contributed by atoms with Crippen molar-refractivity contribution >= 4 is 11.8 Å². The van der Waals surface area contributed by atoms with Crippen LogP contribution in [-0.2, 0) is 9.59 Å². The average Bonchev–Trinajstić information content (AvgIpc) is 2.29. The van der Waals surface area contributed by atoms with Crippen molar-refractivity contribution < 1.29 is 9.59 Å². The van der Waals surface area contributed by atoms with Gasteiger partial charge in [-0.15, -0.1) is 0 Å². The Balaban J connectivity index is 1.56. The van der Waals surface area contributed by atoms with Crippen molar-refractivity contribution in [3.63, 3.8) is 0 Å². The van der Waals surface area contributed by atoms with Gasteiger partial charge in [-0.1, -0.05) is 33.6 Å². The van der Waals surface area contributed by atoms with Crippen LogP contribution in [0.2, 0.25) is 0 Å². The van der Waals surface area contributed by atoms with Gasteiger partial charge >= 0.3 is 0 Å². The minimum absolute atomic E-state index is 0.0682. The van der Waals surface area contributed by atoms with Crippen molar-refractivity contribution in [2.24, 2.45) is 22.7 Å². The number of nitrogens with one attached hydrogen (secondary N) is 2. The van der Waals surface area contributed by atoms with E-state index in [0.717, 1.165) is 51.5 Å². The van der Waals surface area contributed by atoms with Gasteiger partial charge in [0.15, 0.2) is 0 Å². The summed E-state index contributed by atoms with van der Waals surface area (Å²) >= 11 is 0. The Kier molecular flexibility index (Phi) is 4.94. The highest BCUT2D eigenvalue weighted by Gasteiger charge is 2.42. The monoisotopic (exact) mass is 334 g/mol. The second kappa shape index (κ2) is 6.68. The quantitative estimate of drug-likeness (QED) is 0.809. The zero-order chi connectivity index (χ0) is 17.4. The summed E-state index contributed by atoms with van der Waals surface area (Å²) in [6.45, 7) is 7.60. The fraction of sp³-hybridized carbons (Fsp3) is 0.900. The lowest BCUT2D eigenvalue weighted by Gasteiger charge is -2.47. The third kappa shape index (κ3) is 4.12. The Labute approximate surface area is 146 Å². The van der Waals surface area contributed by atoms with E-state index in [1.807, 2.05) is 0 Å². The molecule has 0 aromatic heterocycles. The van der Waals surface area contributed by atoms with Crippen molar-refractivity contribution in [2.45, 2.75) is 84.6 Å². The summed E-state index contributed by atoms with van der Waals surface area (Å²) in [5.41, 5.74) is 0.268. The van der Waals surface area contributed by atoms with Gasteiger partial charge in [-0.25, -0.2) is 0 Å². The lowest BCUT2D eigenvalue weighted by Crippen LogP contribution is -2.52. The molecule has 0 radical (unpaired) electrons. The van der Waals surface area contributed by atoms with Crippen LogP contribution < -0.4 is 10.6 Å². The summed E-state index contributed by atoms with van der Waals surface area (Å²) in [5, 5.41) is 6.51. The van der Waals surface area contributed by atoms with E-state index in [1.165, 1.54) is 12.8 Å². The summed E-state index contributed by atoms with van der Waals surface area (Å²) in [6, 6.07) is 0.243. The average molecular weight is 335 g/mol. The lowest BCUT2D eigenvalue weighted by atomic mass is 9.62. The highest BCUT2D eigenvalue weighted by molar-refractivity contribution is 5.80. The van der Waals surface area contributed by atoms with E-state index in [-0.39, 0.29) is 40.5 Å². The van der Waals surface area contributed by atoms with Gasteiger partial charge in [0.1, 0.15) is 0 Å². The van der Waals surface area contributed by atoms with Crippen LogP contribution in [0.4, 0.5) is 0 Å². The molecule has 0 spiro atoms. The van der Waals surface area contributed by atoms with Gasteiger partial charge < -0.3 is 10.6 Å². The third-order valence-corrected chi connectivity index (χ3v) is 6.43. The number of hydrogen-bond donors (Lipinski definition) is 2. The Morgan fingerprint density at radius 1 is 0.917 bits per heavy atom. The molecule has 2 N–H and O–H groups in total. The zero-order valence-electron chi connectivity index (χ0n) is 15.6. The first-order valence-electron chi connectivity index (χ1n) is 9.85. The Bertz CT molecular complexity index is 494. The van der Waals surface area contributed by atoms with Gasteiger partial charge in [-0.2, -0.15) is 0 Å². The van der Waals surface area contributed by atoms with Gasteiger partial charge in [-0.3, -0.25) is 9.59 Å². The summed E-state index contributed by atoms with van der Waals surface area (Å²) in [4.78, 5) is 24.5. The van der Waals surface area contributed by atoms with Gasteiger partial charge in [0.2, 0.25) is 11.8 Å². The summed E-state index contributed by atoms with van der Waals surface area (Å²) in [5.74, 6) is 0.990. The smallest absolute Gasteiger partial charge is 0.223 e. The topological polar surface area (TPSA) is 58.2 Å².